The molecule has 5 heteroatoms. The monoisotopic (exact) mass is 249 g/mol. The van der Waals surface area contributed by atoms with Gasteiger partial charge in [-0.05, 0) is 31.0 Å². The molecule has 1 rings (SSSR count). The Morgan fingerprint density at radius 3 is 2.83 bits per heavy atom. The Bertz CT molecular complexity index is 465. The van der Waals surface area contributed by atoms with Gasteiger partial charge in [-0.2, -0.15) is 5.26 Å². The van der Waals surface area contributed by atoms with Crippen molar-refractivity contribution in [3.05, 3.63) is 23.8 Å². The fourth-order valence-corrected chi connectivity index (χ4v) is 1.51. The number of rotatable bonds is 5. The SMILES string of the molecule is CCOC(=O)C(C#N)Cc1ccc(O)c(OC)c1. The third-order valence-electron chi connectivity index (χ3n) is 2.41. The van der Waals surface area contributed by atoms with Crippen LogP contribution in [0.2, 0.25) is 0 Å². The fourth-order valence-electron chi connectivity index (χ4n) is 1.51. The molecule has 0 aliphatic rings. The number of esters is 1. The standard InChI is InChI=1S/C13H15NO4/c1-3-18-13(16)10(8-14)6-9-4-5-11(15)12(7-9)17-2/h4-5,7,10,15H,3,6H2,1-2H3. The number of nitrogens with zero attached hydrogens (tertiary/aromatic N) is 1. The van der Waals surface area contributed by atoms with Crippen molar-refractivity contribution in [3.8, 4) is 17.6 Å². The lowest BCUT2D eigenvalue weighted by Crippen LogP contribution is -2.18. The van der Waals surface area contributed by atoms with Crippen molar-refractivity contribution in [2.75, 3.05) is 13.7 Å². The maximum absolute atomic E-state index is 11.5. The van der Waals surface area contributed by atoms with Gasteiger partial charge in [0, 0.05) is 0 Å². The van der Waals surface area contributed by atoms with Gasteiger partial charge in [-0.3, -0.25) is 4.79 Å². The third kappa shape index (κ3) is 3.39. The van der Waals surface area contributed by atoms with Crippen molar-refractivity contribution < 1.29 is 19.4 Å². The summed E-state index contributed by atoms with van der Waals surface area (Å²) in [6.45, 7) is 1.94. The van der Waals surface area contributed by atoms with E-state index in [0.717, 1.165) is 5.56 Å². The van der Waals surface area contributed by atoms with E-state index in [0.29, 0.717) is 5.75 Å². The van der Waals surface area contributed by atoms with E-state index in [9.17, 15) is 9.90 Å². The average Bonchev–Trinajstić information content (AvgIpc) is 2.37. The minimum absolute atomic E-state index is 0.0193. The maximum atomic E-state index is 11.5. The number of phenols is 1. The highest BCUT2D eigenvalue weighted by molar-refractivity contribution is 5.75. The fraction of sp³-hybridized carbons (Fsp3) is 0.385. The van der Waals surface area contributed by atoms with Gasteiger partial charge >= 0.3 is 5.97 Å². The highest BCUT2D eigenvalue weighted by Gasteiger charge is 2.20. The van der Waals surface area contributed by atoms with Gasteiger partial charge in [0.05, 0.1) is 19.8 Å². The number of carbonyl (C=O) groups is 1. The first kappa shape index (κ1) is 13.8. The lowest BCUT2D eigenvalue weighted by Gasteiger charge is -2.10. The Morgan fingerprint density at radius 1 is 1.56 bits per heavy atom. The van der Waals surface area contributed by atoms with Crippen molar-refractivity contribution in [2.45, 2.75) is 13.3 Å². The molecule has 1 N–H and O–H groups in total. The second-order valence-electron chi connectivity index (χ2n) is 3.64. The molecule has 0 aliphatic carbocycles. The highest BCUT2D eigenvalue weighted by atomic mass is 16.5. The van der Waals surface area contributed by atoms with Crippen LogP contribution in [-0.2, 0) is 16.0 Å². The van der Waals surface area contributed by atoms with Crippen LogP contribution in [0.25, 0.3) is 0 Å². The van der Waals surface area contributed by atoms with Crippen molar-refractivity contribution in [1.29, 1.82) is 5.26 Å². The average molecular weight is 249 g/mol. The van der Waals surface area contributed by atoms with Gasteiger partial charge in [0.25, 0.3) is 0 Å². The summed E-state index contributed by atoms with van der Waals surface area (Å²) in [6.07, 6.45) is 0.228. The van der Waals surface area contributed by atoms with Crippen molar-refractivity contribution in [1.82, 2.24) is 0 Å². The molecular formula is C13H15NO4. The van der Waals surface area contributed by atoms with Crippen LogP contribution < -0.4 is 4.74 Å². The van der Waals surface area contributed by atoms with E-state index in [-0.39, 0.29) is 18.8 Å². The van der Waals surface area contributed by atoms with Crippen molar-refractivity contribution >= 4 is 5.97 Å². The van der Waals surface area contributed by atoms with Gasteiger partial charge in [0.15, 0.2) is 11.5 Å². The zero-order valence-corrected chi connectivity index (χ0v) is 10.3. The molecule has 0 radical (unpaired) electrons. The number of hydrogen-bond donors (Lipinski definition) is 1. The van der Waals surface area contributed by atoms with Gasteiger partial charge in [-0.25, -0.2) is 0 Å². The molecule has 0 saturated heterocycles. The summed E-state index contributed by atoms with van der Waals surface area (Å²) in [5.41, 5.74) is 0.726. The zero-order chi connectivity index (χ0) is 13.5. The number of phenolic OH excluding ortho intramolecular Hbond substituents is 1. The maximum Gasteiger partial charge on any atom is 0.323 e. The lowest BCUT2D eigenvalue weighted by atomic mass is 10.0. The molecule has 1 aromatic carbocycles. The van der Waals surface area contributed by atoms with E-state index in [2.05, 4.69) is 0 Å². The number of carbonyl (C=O) groups excluding carboxylic acids is 1. The van der Waals surface area contributed by atoms with E-state index in [1.165, 1.54) is 13.2 Å². The summed E-state index contributed by atoms with van der Waals surface area (Å²) in [4.78, 5) is 11.5. The molecular weight excluding hydrogens is 234 g/mol. The number of hydrogen-bond acceptors (Lipinski definition) is 5. The molecule has 5 nitrogen and oxygen atoms in total. The topological polar surface area (TPSA) is 79.6 Å². The molecule has 0 bridgehead atoms. The Labute approximate surface area is 106 Å². The first-order valence-electron chi connectivity index (χ1n) is 5.54. The molecule has 0 fully saturated rings. The summed E-state index contributed by atoms with van der Waals surface area (Å²) in [5.74, 6) is -1.05. The van der Waals surface area contributed by atoms with Crippen LogP contribution in [0.1, 0.15) is 12.5 Å². The van der Waals surface area contributed by atoms with E-state index in [4.69, 9.17) is 14.7 Å². The van der Waals surface area contributed by atoms with Crippen LogP contribution in [-0.4, -0.2) is 24.8 Å². The Kier molecular flexibility index (Phi) is 5.00. The largest absolute Gasteiger partial charge is 0.504 e. The molecule has 1 atom stereocenters. The molecule has 0 aromatic heterocycles. The molecule has 0 heterocycles. The van der Waals surface area contributed by atoms with Crippen LogP contribution in [0, 0.1) is 17.2 Å². The molecule has 0 saturated carbocycles. The number of ether oxygens (including phenoxy) is 2. The minimum atomic E-state index is -0.848. The minimum Gasteiger partial charge on any atom is -0.504 e. The predicted molar refractivity (Wildman–Crippen MR) is 64.1 cm³/mol. The number of aromatic hydroxyl groups is 1. The highest BCUT2D eigenvalue weighted by Crippen LogP contribution is 2.27. The van der Waals surface area contributed by atoms with Gasteiger partial charge in [0.2, 0.25) is 0 Å². The zero-order valence-electron chi connectivity index (χ0n) is 10.3. The second-order valence-corrected chi connectivity index (χ2v) is 3.64. The number of methoxy groups -OCH3 is 1. The van der Waals surface area contributed by atoms with Gasteiger partial charge < -0.3 is 14.6 Å². The molecule has 96 valence electrons. The summed E-state index contributed by atoms with van der Waals surface area (Å²) < 4.78 is 9.77. The summed E-state index contributed by atoms with van der Waals surface area (Å²) >= 11 is 0. The van der Waals surface area contributed by atoms with Gasteiger partial charge in [-0.15, -0.1) is 0 Å². The Balaban J connectivity index is 2.83. The summed E-state index contributed by atoms with van der Waals surface area (Å²) in [5, 5.41) is 18.4. The number of nitriles is 1. The third-order valence-corrected chi connectivity index (χ3v) is 2.41. The molecule has 1 aromatic rings. The summed E-state index contributed by atoms with van der Waals surface area (Å²) in [6, 6.07) is 6.61. The predicted octanol–water partition coefficient (Wildman–Crippen LogP) is 1.65. The number of benzene rings is 1. The van der Waals surface area contributed by atoms with Crippen LogP contribution in [0.3, 0.4) is 0 Å². The quantitative estimate of drug-likeness (QED) is 0.802. The van der Waals surface area contributed by atoms with Crippen LogP contribution in [0.4, 0.5) is 0 Å². The summed E-state index contributed by atoms with van der Waals surface area (Å²) in [7, 11) is 1.44. The first-order chi connectivity index (χ1) is 8.62. The lowest BCUT2D eigenvalue weighted by molar-refractivity contribution is -0.145. The molecule has 18 heavy (non-hydrogen) atoms. The molecule has 0 amide bonds. The molecule has 0 spiro atoms. The van der Waals surface area contributed by atoms with Crippen molar-refractivity contribution in [3.63, 3.8) is 0 Å². The first-order valence-corrected chi connectivity index (χ1v) is 5.54. The van der Waals surface area contributed by atoms with E-state index < -0.39 is 11.9 Å². The second kappa shape index (κ2) is 6.50. The van der Waals surface area contributed by atoms with Gasteiger partial charge in [-0.1, -0.05) is 6.07 Å². The van der Waals surface area contributed by atoms with E-state index in [1.54, 1.807) is 19.1 Å². The molecule has 1 unspecified atom stereocenters. The van der Waals surface area contributed by atoms with Crippen LogP contribution in [0.5, 0.6) is 11.5 Å². The van der Waals surface area contributed by atoms with Crippen LogP contribution in [0.15, 0.2) is 18.2 Å². The van der Waals surface area contributed by atoms with E-state index >= 15 is 0 Å². The van der Waals surface area contributed by atoms with Crippen molar-refractivity contribution in [2.24, 2.45) is 5.92 Å². The van der Waals surface area contributed by atoms with E-state index in [1.807, 2.05) is 6.07 Å². The molecule has 0 aliphatic heterocycles. The smallest absolute Gasteiger partial charge is 0.323 e. The Hall–Kier alpha value is -2.22. The van der Waals surface area contributed by atoms with Crippen LogP contribution >= 0.6 is 0 Å². The Morgan fingerprint density at radius 2 is 2.28 bits per heavy atom. The van der Waals surface area contributed by atoms with Gasteiger partial charge in [0.1, 0.15) is 5.92 Å². The normalized spacial score (nSPS) is 11.4.